The van der Waals surface area contributed by atoms with E-state index in [1.807, 2.05) is 0 Å². The minimum absolute atomic E-state index is 0.0871. The quantitative estimate of drug-likeness (QED) is 0.483. The molecule has 0 saturated carbocycles. The summed E-state index contributed by atoms with van der Waals surface area (Å²) in [6.45, 7) is 0. The minimum atomic E-state index is -0.225. The fourth-order valence-electron chi connectivity index (χ4n) is 2.19. The molecular weight excluding hydrogens is 336 g/mol. The molecule has 4 nitrogen and oxygen atoms in total. The van der Waals surface area contributed by atoms with Crippen LogP contribution in [0.25, 0.3) is 0 Å². The summed E-state index contributed by atoms with van der Waals surface area (Å²) >= 11 is 1.14. The Morgan fingerprint density at radius 1 is 0.600 bits per heavy atom. The first-order valence-corrected chi connectivity index (χ1v) is 8.99. The van der Waals surface area contributed by atoms with E-state index in [0.717, 1.165) is 11.8 Å². The van der Waals surface area contributed by atoms with Crippen LogP contribution in [0.1, 0.15) is 33.6 Å². The van der Waals surface area contributed by atoms with Gasteiger partial charge in [0.1, 0.15) is 11.6 Å². The first-order valence-electron chi connectivity index (χ1n) is 7.84. The Kier molecular flexibility index (Phi) is 7.29. The molecule has 0 amide bonds. The molecule has 2 rings (SSSR count). The van der Waals surface area contributed by atoms with Crippen LogP contribution in [-0.2, 0) is 9.59 Å². The molecular formula is C20H18O4S. The van der Waals surface area contributed by atoms with Crippen LogP contribution in [0, 0.1) is 0 Å². The molecule has 0 fully saturated rings. The summed E-state index contributed by atoms with van der Waals surface area (Å²) in [7, 11) is 0. The number of rotatable bonds is 10. The van der Waals surface area contributed by atoms with Crippen LogP contribution in [0.4, 0.5) is 0 Å². The van der Waals surface area contributed by atoms with Crippen LogP contribution < -0.4 is 0 Å². The van der Waals surface area contributed by atoms with E-state index in [1.54, 1.807) is 60.7 Å². The standard InChI is InChI=1S/C20H18O4S/c21-17(11-19(23)15-7-3-1-4-8-15)13-25-14-18(22)12-20(24)16-9-5-2-6-10-16/h1-10H,11-14H2. The van der Waals surface area contributed by atoms with Crippen LogP contribution in [0.3, 0.4) is 0 Å². The molecule has 0 aliphatic carbocycles. The minimum Gasteiger partial charge on any atom is -0.298 e. The van der Waals surface area contributed by atoms with Crippen molar-refractivity contribution in [2.75, 3.05) is 11.5 Å². The first-order chi connectivity index (χ1) is 12.1. The van der Waals surface area contributed by atoms with Gasteiger partial charge in [-0.15, -0.1) is 11.8 Å². The van der Waals surface area contributed by atoms with E-state index in [2.05, 4.69) is 0 Å². The largest absolute Gasteiger partial charge is 0.298 e. The molecule has 0 aliphatic rings. The van der Waals surface area contributed by atoms with Crippen LogP contribution in [0.5, 0.6) is 0 Å². The maximum Gasteiger partial charge on any atom is 0.170 e. The zero-order chi connectivity index (χ0) is 18.1. The van der Waals surface area contributed by atoms with E-state index in [-0.39, 0.29) is 47.5 Å². The second kappa shape index (κ2) is 9.69. The van der Waals surface area contributed by atoms with Crippen molar-refractivity contribution in [1.82, 2.24) is 0 Å². The third kappa shape index (κ3) is 6.47. The summed E-state index contributed by atoms with van der Waals surface area (Å²) in [5, 5.41) is 0. The van der Waals surface area contributed by atoms with Crippen LogP contribution in [0.2, 0.25) is 0 Å². The van der Waals surface area contributed by atoms with Crippen LogP contribution in [0.15, 0.2) is 60.7 Å². The number of ketones is 4. The lowest BCUT2D eigenvalue weighted by atomic mass is 10.1. The van der Waals surface area contributed by atoms with Crippen LogP contribution >= 0.6 is 11.8 Å². The molecule has 5 heteroatoms. The van der Waals surface area contributed by atoms with Crippen molar-refractivity contribution in [2.45, 2.75) is 12.8 Å². The predicted octanol–water partition coefficient (Wildman–Crippen LogP) is 3.40. The predicted molar refractivity (Wildman–Crippen MR) is 98.1 cm³/mol. The number of benzene rings is 2. The summed E-state index contributed by atoms with van der Waals surface area (Å²) in [6, 6.07) is 17.3. The molecule has 25 heavy (non-hydrogen) atoms. The first kappa shape index (κ1) is 18.8. The lowest BCUT2D eigenvalue weighted by molar-refractivity contribution is -0.116. The van der Waals surface area contributed by atoms with E-state index >= 15 is 0 Å². The SMILES string of the molecule is O=C(CSCC(=O)CC(=O)c1ccccc1)CC(=O)c1ccccc1. The third-order valence-corrected chi connectivity index (χ3v) is 4.49. The highest BCUT2D eigenvalue weighted by molar-refractivity contribution is 8.00. The third-order valence-electron chi connectivity index (χ3n) is 3.43. The summed E-state index contributed by atoms with van der Waals surface area (Å²) in [6.07, 6.45) is -0.345. The molecule has 0 aliphatic heterocycles. The fourth-order valence-corrected chi connectivity index (χ4v) is 2.95. The van der Waals surface area contributed by atoms with Crippen molar-refractivity contribution in [3.63, 3.8) is 0 Å². The number of hydrogen-bond donors (Lipinski definition) is 0. The molecule has 0 spiro atoms. The monoisotopic (exact) mass is 354 g/mol. The molecule has 0 N–H and O–H groups in total. The molecule has 0 unspecified atom stereocenters. The molecule has 0 heterocycles. The number of Topliss-reactive ketones (excluding diaryl/α,β-unsaturated/α-hetero) is 4. The van der Waals surface area contributed by atoms with E-state index in [4.69, 9.17) is 0 Å². The number of carbonyl (C=O) groups is 4. The Morgan fingerprint density at radius 2 is 0.960 bits per heavy atom. The maximum absolute atomic E-state index is 11.9. The maximum atomic E-state index is 11.9. The van der Waals surface area contributed by atoms with Crippen molar-refractivity contribution in [3.8, 4) is 0 Å². The molecule has 128 valence electrons. The van der Waals surface area contributed by atoms with Gasteiger partial charge >= 0.3 is 0 Å². The lowest BCUT2D eigenvalue weighted by Crippen LogP contribution is -2.13. The van der Waals surface area contributed by atoms with Gasteiger partial charge in [-0.25, -0.2) is 0 Å². The van der Waals surface area contributed by atoms with Gasteiger partial charge in [-0.3, -0.25) is 19.2 Å². The van der Waals surface area contributed by atoms with Gasteiger partial charge < -0.3 is 0 Å². The second-order valence-electron chi connectivity index (χ2n) is 5.50. The van der Waals surface area contributed by atoms with E-state index < -0.39 is 0 Å². The van der Waals surface area contributed by atoms with Crippen molar-refractivity contribution in [2.24, 2.45) is 0 Å². The average molecular weight is 354 g/mol. The molecule has 0 saturated heterocycles. The topological polar surface area (TPSA) is 68.3 Å². The Morgan fingerprint density at radius 3 is 1.32 bits per heavy atom. The zero-order valence-corrected chi connectivity index (χ0v) is 14.5. The smallest absolute Gasteiger partial charge is 0.170 e. The molecule has 2 aromatic rings. The normalized spacial score (nSPS) is 10.2. The van der Waals surface area contributed by atoms with E-state index in [0.29, 0.717) is 11.1 Å². The summed E-state index contributed by atoms with van der Waals surface area (Å²) in [5.74, 6) is -0.719. The Hall–Kier alpha value is -2.53. The van der Waals surface area contributed by atoms with Crippen LogP contribution in [-0.4, -0.2) is 34.6 Å². The Labute approximate surface area is 150 Å². The molecule has 0 bridgehead atoms. The zero-order valence-electron chi connectivity index (χ0n) is 13.6. The molecule has 0 atom stereocenters. The lowest BCUT2D eigenvalue weighted by Gasteiger charge is -2.02. The van der Waals surface area contributed by atoms with Gasteiger partial charge in [0.2, 0.25) is 0 Å². The molecule has 2 aromatic carbocycles. The number of thioether (sulfide) groups is 1. The van der Waals surface area contributed by atoms with Crippen molar-refractivity contribution < 1.29 is 19.2 Å². The number of carbonyl (C=O) groups excluding carboxylic acids is 4. The highest BCUT2D eigenvalue weighted by atomic mass is 32.2. The highest BCUT2D eigenvalue weighted by Gasteiger charge is 2.14. The van der Waals surface area contributed by atoms with Crippen molar-refractivity contribution in [3.05, 3.63) is 71.8 Å². The van der Waals surface area contributed by atoms with Crippen molar-refractivity contribution in [1.29, 1.82) is 0 Å². The molecule has 0 aromatic heterocycles. The molecule has 0 radical (unpaired) electrons. The van der Waals surface area contributed by atoms with Gasteiger partial charge in [-0.1, -0.05) is 60.7 Å². The summed E-state index contributed by atoms with van der Waals surface area (Å²) in [4.78, 5) is 47.5. The van der Waals surface area contributed by atoms with Gasteiger partial charge in [0, 0.05) is 11.1 Å². The fraction of sp³-hybridized carbons (Fsp3) is 0.200. The average Bonchev–Trinajstić information content (AvgIpc) is 2.63. The van der Waals surface area contributed by atoms with Gasteiger partial charge in [-0.2, -0.15) is 0 Å². The number of hydrogen-bond acceptors (Lipinski definition) is 5. The highest BCUT2D eigenvalue weighted by Crippen LogP contribution is 2.09. The second-order valence-corrected chi connectivity index (χ2v) is 6.49. The van der Waals surface area contributed by atoms with Gasteiger partial charge in [-0.05, 0) is 0 Å². The Balaban J connectivity index is 1.69. The van der Waals surface area contributed by atoms with Crippen molar-refractivity contribution >= 4 is 34.9 Å². The van der Waals surface area contributed by atoms with Gasteiger partial charge in [0.25, 0.3) is 0 Å². The van der Waals surface area contributed by atoms with E-state index in [1.165, 1.54) is 0 Å². The van der Waals surface area contributed by atoms with Gasteiger partial charge in [0.15, 0.2) is 11.6 Å². The van der Waals surface area contributed by atoms with E-state index in [9.17, 15) is 19.2 Å². The summed E-state index contributed by atoms with van der Waals surface area (Å²) in [5.41, 5.74) is 1.01. The summed E-state index contributed by atoms with van der Waals surface area (Å²) < 4.78 is 0. The van der Waals surface area contributed by atoms with Gasteiger partial charge in [0.05, 0.1) is 24.3 Å². The Bertz CT molecular complexity index is 688.